The summed E-state index contributed by atoms with van der Waals surface area (Å²) in [7, 11) is 0. The average molecular weight is 234 g/mol. The molecule has 5 heteroatoms. The topological polar surface area (TPSA) is 79.3 Å². The quantitative estimate of drug-likeness (QED) is 0.826. The van der Waals surface area contributed by atoms with Crippen molar-refractivity contribution in [3.05, 3.63) is 29.6 Å². The molecule has 0 bridgehead atoms. The van der Waals surface area contributed by atoms with Gasteiger partial charge in [0.05, 0.1) is 5.56 Å². The Morgan fingerprint density at radius 1 is 1.41 bits per heavy atom. The number of nitrogens with one attached hydrogen (secondary N) is 1. The third-order valence-electron chi connectivity index (χ3n) is 2.95. The summed E-state index contributed by atoms with van der Waals surface area (Å²) in [5, 5.41) is 11.6. The van der Waals surface area contributed by atoms with Crippen molar-refractivity contribution in [3.63, 3.8) is 0 Å². The van der Waals surface area contributed by atoms with Gasteiger partial charge in [-0.05, 0) is 30.9 Å². The van der Waals surface area contributed by atoms with Gasteiger partial charge in [-0.3, -0.25) is 4.79 Å². The van der Waals surface area contributed by atoms with Crippen molar-refractivity contribution in [2.24, 2.45) is 5.92 Å². The zero-order valence-electron chi connectivity index (χ0n) is 9.51. The highest BCUT2D eigenvalue weighted by molar-refractivity contribution is 5.95. The molecule has 1 amide bonds. The Balaban J connectivity index is 1.97. The van der Waals surface area contributed by atoms with E-state index in [-0.39, 0.29) is 17.6 Å². The fraction of sp³-hybridized carbons (Fsp3) is 0.417. The Bertz CT molecular complexity index is 436. The maximum atomic E-state index is 11.7. The van der Waals surface area contributed by atoms with Gasteiger partial charge in [0.1, 0.15) is 5.69 Å². The highest BCUT2D eigenvalue weighted by Gasteiger charge is 2.26. The number of aromatic carboxylic acids is 1. The molecule has 0 spiro atoms. The van der Waals surface area contributed by atoms with Crippen LogP contribution in [0.25, 0.3) is 0 Å². The van der Waals surface area contributed by atoms with Crippen LogP contribution in [0.2, 0.25) is 0 Å². The summed E-state index contributed by atoms with van der Waals surface area (Å²) in [6.07, 6.45) is 3.31. The zero-order chi connectivity index (χ0) is 12.4. The van der Waals surface area contributed by atoms with E-state index in [1.807, 2.05) is 0 Å². The molecule has 1 aromatic rings. The van der Waals surface area contributed by atoms with E-state index >= 15 is 0 Å². The molecule has 1 aliphatic carbocycles. The van der Waals surface area contributed by atoms with Crippen molar-refractivity contribution < 1.29 is 14.7 Å². The normalized spacial score (nSPS) is 22.6. The Labute approximate surface area is 98.9 Å². The Kier molecular flexibility index (Phi) is 3.08. The predicted molar refractivity (Wildman–Crippen MR) is 60.8 cm³/mol. The zero-order valence-corrected chi connectivity index (χ0v) is 9.51. The molecule has 1 saturated carbocycles. The number of aromatic nitrogens is 1. The first-order valence-corrected chi connectivity index (χ1v) is 5.56. The number of carboxylic acids is 1. The van der Waals surface area contributed by atoms with Gasteiger partial charge < -0.3 is 10.4 Å². The number of carboxylic acid groups (broad SMARTS) is 1. The van der Waals surface area contributed by atoms with Crippen LogP contribution in [0, 0.1) is 5.92 Å². The number of amides is 1. The van der Waals surface area contributed by atoms with Crippen LogP contribution >= 0.6 is 0 Å². The van der Waals surface area contributed by atoms with Crippen molar-refractivity contribution in [1.29, 1.82) is 0 Å². The molecule has 0 atom stereocenters. The lowest BCUT2D eigenvalue weighted by Gasteiger charge is -2.33. The first-order chi connectivity index (χ1) is 8.06. The average Bonchev–Trinajstić information content (AvgIpc) is 2.27. The fourth-order valence-corrected chi connectivity index (χ4v) is 1.94. The molecular formula is C12H14N2O3. The van der Waals surface area contributed by atoms with Crippen LogP contribution in [-0.4, -0.2) is 28.0 Å². The molecule has 0 unspecified atom stereocenters. The van der Waals surface area contributed by atoms with Gasteiger partial charge in [0.25, 0.3) is 5.91 Å². The van der Waals surface area contributed by atoms with E-state index in [0.717, 1.165) is 12.8 Å². The second-order valence-corrected chi connectivity index (χ2v) is 4.48. The highest BCUT2D eigenvalue weighted by Crippen LogP contribution is 2.26. The molecule has 5 nitrogen and oxygen atoms in total. The van der Waals surface area contributed by atoms with Gasteiger partial charge in [-0.2, -0.15) is 0 Å². The maximum absolute atomic E-state index is 11.7. The SMILES string of the molecule is CC1CC(NC(=O)c2ccc(C(=O)O)nc2)C1. The summed E-state index contributed by atoms with van der Waals surface area (Å²) in [6.45, 7) is 2.14. The molecule has 0 saturated heterocycles. The lowest BCUT2D eigenvalue weighted by atomic mass is 9.82. The second kappa shape index (κ2) is 4.53. The van der Waals surface area contributed by atoms with E-state index in [9.17, 15) is 9.59 Å². The van der Waals surface area contributed by atoms with Gasteiger partial charge in [-0.15, -0.1) is 0 Å². The second-order valence-electron chi connectivity index (χ2n) is 4.48. The summed E-state index contributed by atoms with van der Waals surface area (Å²) >= 11 is 0. The van der Waals surface area contributed by atoms with Crippen molar-refractivity contribution >= 4 is 11.9 Å². The van der Waals surface area contributed by atoms with Crippen molar-refractivity contribution in [1.82, 2.24) is 10.3 Å². The molecule has 1 aliphatic rings. The minimum Gasteiger partial charge on any atom is -0.477 e. The molecule has 2 N–H and O–H groups in total. The van der Waals surface area contributed by atoms with E-state index < -0.39 is 5.97 Å². The number of pyridine rings is 1. The largest absolute Gasteiger partial charge is 0.477 e. The van der Waals surface area contributed by atoms with E-state index in [2.05, 4.69) is 17.2 Å². The summed E-state index contributed by atoms with van der Waals surface area (Å²) in [5.74, 6) is -0.607. The summed E-state index contributed by atoms with van der Waals surface area (Å²) < 4.78 is 0. The van der Waals surface area contributed by atoms with Gasteiger partial charge in [0, 0.05) is 12.2 Å². The smallest absolute Gasteiger partial charge is 0.354 e. The summed E-state index contributed by atoms with van der Waals surface area (Å²) in [6, 6.07) is 3.06. The summed E-state index contributed by atoms with van der Waals surface area (Å²) in [5.41, 5.74) is 0.341. The third-order valence-corrected chi connectivity index (χ3v) is 2.95. The monoisotopic (exact) mass is 234 g/mol. The van der Waals surface area contributed by atoms with Crippen LogP contribution in [-0.2, 0) is 0 Å². The first-order valence-electron chi connectivity index (χ1n) is 5.56. The van der Waals surface area contributed by atoms with Gasteiger partial charge in [0.2, 0.25) is 0 Å². The van der Waals surface area contributed by atoms with Gasteiger partial charge >= 0.3 is 5.97 Å². The molecule has 0 aromatic carbocycles. The van der Waals surface area contributed by atoms with Crippen molar-refractivity contribution in [3.8, 4) is 0 Å². The Hall–Kier alpha value is -1.91. The molecule has 0 aliphatic heterocycles. The third kappa shape index (κ3) is 2.61. The van der Waals surface area contributed by atoms with Crippen LogP contribution in [0.1, 0.15) is 40.6 Å². The number of hydrogen-bond acceptors (Lipinski definition) is 3. The molecular weight excluding hydrogens is 220 g/mol. The Morgan fingerprint density at radius 2 is 2.12 bits per heavy atom. The number of nitrogens with zero attached hydrogens (tertiary/aromatic N) is 1. The fourth-order valence-electron chi connectivity index (χ4n) is 1.94. The van der Waals surface area contributed by atoms with E-state index in [1.54, 1.807) is 0 Å². The molecule has 1 fully saturated rings. The molecule has 1 aromatic heterocycles. The van der Waals surface area contributed by atoms with Crippen LogP contribution < -0.4 is 5.32 Å². The minimum atomic E-state index is -1.09. The van der Waals surface area contributed by atoms with Crippen LogP contribution in [0.3, 0.4) is 0 Å². The number of carbonyl (C=O) groups excluding carboxylic acids is 1. The van der Waals surface area contributed by atoms with Crippen LogP contribution in [0.5, 0.6) is 0 Å². The molecule has 17 heavy (non-hydrogen) atoms. The van der Waals surface area contributed by atoms with Gasteiger partial charge in [-0.25, -0.2) is 9.78 Å². The number of rotatable bonds is 3. The Morgan fingerprint density at radius 3 is 2.59 bits per heavy atom. The number of carbonyl (C=O) groups is 2. The standard InChI is InChI=1S/C12H14N2O3/c1-7-4-9(5-7)14-11(15)8-2-3-10(12(16)17)13-6-8/h2-3,6-7,9H,4-5H2,1H3,(H,14,15)(H,16,17). The van der Waals surface area contributed by atoms with Crippen LogP contribution in [0.15, 0.2) is 18.3 Å². The van der Waals surface area contributed by atoms with Crippen molar-refractivity contribution in [2.75, 3.05) is 0 Å². The summed E-state index contributed by atoms with van der Waals surface area (Å²) in [4.78, 5) is 26.0. The molecule has 90 valence electrons. The predicted octanol–water partition coefficient (Wildman–Crippen LogP) is 1.31. The van der Waals surface area contributed by atoms with Gasteiger partial charge in [-0.1, -0.05) is 6.92 Å². The van der Waals surface area contributed by atoms with Crippen LogP contribution in [0.4, 0.5) is 0 Å². The maximum Gasteiger partial charge on any atom is 0.354 e. The van der Waals surface area contributed by atoms with Gasteiger partial charge in [0.15, 0.2) is 0 Å². The highest BCUT2D eigenvalue weighted by atomic mass is 16.4. The lowest BCUT2D eigenvalue weighted by Crippen LogP contribution is -2.43. The van der Waals surface area contributed by atoms with Crippen molar-refractivity contribution in [2.45, 2.75) is 25.8 Å². The van der Waals surface area contributed by atoms with E-state index in [1.165, 1.54) is 18.3 Å². The first kappa shape index (κ1) is 11.6. The number of hydrogen-bond donors (Lipinski definition) is 2. The van der Waals surface area contributed by atoms with E-state index in [0.29, 0.717) is 11.5 Å². The molecule has 1 heterocycles. The molecule has 2 rings (SSSR count). The lowest BCUT2D eigenvalue weighted by molar-refractivity contribution is 0.0689. The minimum absolute atomic E-state index is 0.0567. The van der Waals surface area contributed by atoms with E-state index in [4.69, 9.17) is 5.11 Å². The molecule has 0 radical (unpaired) electrons.